The Balaban J connectivity index is 2.96. The van der Waals surface area contributed by atoms with Gasteiger partial charge < -0.3 is 20.1 Å². The van der Waals surface area contributed by atoms with E-state index in [2.05, 4.69) is 15.3 Å². The number of methoxy groups -OCH3 is 1. The van der Waals surface area contributed by atoms with Crippen molar-refractivity contribution in [2.24, 2.45) is 5.92 Å². The van der Waals surface area contributed by atoms with Crippen LogP contribution in [0.1, 0.15) is 13.8 Å². The van der Waals surface area contributed by atoms with Gasteiger partial charge in [0.25, 0.3) is 5.56 Å². The molecule has 1 rings (SSSR count). The summed E-state index contributed by atoms with van der Waals surface area (Å²) in [6.45, 7) is 3.90. The number of nitrogens with zero attached hydrogens (tertiary/aromatic N) is 1. The van der Waals surface area contributed by atoms with Gasteiger partial charge in [0.2, 0.25) is 5.75 Å². The third kappa shape index (κ3) is 2.73. The molecule has 0 aliphatic rings. The maximum absolute atomic E-state index is 11.4. The van der Waals surface area contributed by atoms with Crippen molar-refractivity contribution in [1.82, 2.24) is 9.97 Å². The van der Waals surface area contributed by atoms with Gasteiger partial charge in [-0.05, 0) is 5.92 Å². The van der Waals surface area contributed by atoms with E-state index >= 15 is 0 Å². The summed E-state index contributed by atoms with van der Waals surface area (Å²) in [6.07, 6.45) is 1.29. The van der Waals surface area contributed by atoms with E-state index in [0.29, 0.717) is 5.82 Å². The van der Waals surface area contributed by atoms with Crippen molar-refractivity contribution < 1.29 is 9.84 Å². The summed E-state index contributed by atoms with van der Waals surface area (Å²) in [5.74, 6) is 0.691. The van der Waals surface area contributed by atoms with Gasteiger partial charge in [0.05, 0.1) is 26.1 Å². The van der Waals surface area contributed by atoms with Gasteiger partial charge in [0.15, 0.2) is 5.82 Å². The Kier molecular flexibility index (Phi) is 4.30. The van der Waals surface area contributed by atoms with Crippen LogP contribution in [0.3, 0.4) is 0 Å². The molecule has 0 unspecified atom stereocenters. The van der Waals surface area contributed by atoms with E-state index in [-0.39, 0.29) is 29.9 Å². The summed E-state index contributed by atoms with van der Waals surface area (Å²) >= 11 is 0. The Morgan fingerprint density at radius 3 is 2.81 bits per heavy atom. The molecule has 1 aromatic heterocycles. The first-order valence-corrected chi connectivity index (χ1v) is 5.09. The monoisotopic (exact) mass is 227 g/mol. The minimum absolute atomic E-state index is 0.0324. The zero-order chi connectivity index (χ0) is 12.1. The van der Waals surface area contributed by atoms with Crippen molar-refractivity contribution >= 4 is 5.82 Å². The molecule has 0 aromatic carbocycles. The number of aliphatic hydroxyl groups excluding tert-OH is 1. The van der Waals surface area contributed by atoms with Crippen molar-refractivity contribution in [2.75, 3.05) is 19.0 Å². The predicted octanol–water partition coefficient (Wildman–Crippen LogP) is 0.207. The molecule has 0 aliphatic carbocycles. The van der Waals surface area contributed by atoms with Crippen LogP contribution in [0.5, 0.6) is 5.75 Å². The number of aromatic amines is 1. The fourth-order valence-electron chi connectivity index (χ4n) is 1.28. The third-order valence-electron chi connectivity index (χ3n) is 2.34. The average molecular weight is 227 g/mol. The Hall–Kier alpha value is -1.56. The molecular weight excluding hydrogens is 210 g/mol. The predicted molar refractivity (Wildman–Crippen MR) is 60.7 cm³/mol. The molecule has 0 spiro atoms. The molecule has 90 valence electrons. The second-order valence-corrected chi connectivity index (χ2v) is 3.79. The molecule has 16 heavy (non-hydrogen) atoms. The minimum Gasteiger partial charge on any atom is -0.489 e. The van der Waals surface area contributed by atoms with E-state index < -0.39 is 0 Å². The van der Waals surface area contributed by atoms with Crippen LogP contribution < -0.4 is 15.6 Å². The van der Waals surface area contributed by atoms with Crippen LogP contribution in [-0.2, 0) is 0 Å². The summed E-state index contributed by atoms with van der Waals surface area (Å²) < 4.78 is 4.95. The molecule has 0 fully saturated rings. The van der Waals surface area contributed by atoms with Crippen LogP contribution >= 0.6 is 0 Å². The number of anilines is 1. The Morgan fingerprint density at radius 2 is 2.31 bits per heavy atom. The standard InChI is InChI=1S/C10H17N3O3/c1-6(2)7(4-14)13-9-8(16-3)10(15)12-5-11-9/h5-7,14H,4H2,1-3H3,(H2,11,12,13,15)/t7-/m1/s1. The molecule has 6 nitrogen and oxygen atoms in total. The van der Waals surface area contributed by atoms with E-state index in [1.807, 2.05) is 13.8 Å². The maximum atomic E-state index is 11.4. The number of aliphatic hydroxyl groups is 1. The lowest BCUT2D eigenvalue weighted by Gasteiger charge is -2.21. The van der Waals surface area contributed by atoms with E-state index in [1.165, 1.54) is 13.4 Å². The van der Waals surface area contributed by atoms with Crippen molar-refractivity contribution in [2.45, 2.75) is 19.9 Å². The lowest BCUT2D eigenvalue weighted by molar-refractivity contribution is 0.248. The van der Waals surface area contributed by atoms with Crippen LogP contribution in [0.25, 0.3) is 0 Å². The van der Waals surface area contributed by atoms with Crippen LogP contribution in [0.2, 0.25) is 0 Å². The summed E-state index contributed by atoms with van der Waals surface area (Å²) in [5.41, 5.74) is -0.347. The van der Waals surface area contributed by atoms with Gasteiger partial charge in [-0.1, -0.05) is 13.8 Å². The highest BCUT2D eigenvalue weighted by molar-refractivity contribution is 5.48. The second-order valence-electron chi connectivity index (χ2n) is 3.79. The van der Waals surface area contributed by atoms with Gasteiger partial charge in [-0.25, -0.2) is 4.98 Å². The smallest absolute Gasteiger partial charge is 0.295 e. The first-order valence-electron chi connectivity index (χ1n) is 5.09. The van der Waals surface area contributed by atoms with Gasteiger partial charge in [-0.3, -0.25) is 4.79 Å². The Labute approximate surface area is 93.7 Å². The SMILES string of the molecule is COc1c(N[C@H](CO)C(C)C)nc[nH]c1=O. The summed E-state index contributed by atoms with van der Waals surface area (Å²) in [7, 11) is 1.40. The third-order valence-corrected chi connectivity index (χ3v) is 2.34. The highest BCUT2D eigenvalue weighted by atomic mass is 16.5. The molecule has 0 bridgehead atoms. The highest BCUT2D eigenvalue weighted by Gasteiger charge is 2.16. The minimum atomic E-state index is -0.347. The van der Waals surface area contributed by atoms with Gasteiger partial charge in [0.1, 0.15) is 0 Å². The number of hydrogen-bond donors (Lipinski definition) is 3. The molecule has 0 amide bonds. The Morgan fingerprint density at radius 1 is 1.62 bits per heavy atom. The first kappa shape index (κ1) is 12.5. The van der Waals surface area contributed by atoms with Crippen LogP contribution in [0, 0.1) is 5.92 Å². The van der Waals surface area contributed by atoms with Crippen molar-refractivity contribution in [3.63, 3.8) is 0 Å². The molecule has 1 atom stereocenters. The van der Waals surface area contributed by atoms with Crippen LogP contribution in [-0.4, -0.2) is 34.8 Å². The topological polar surface area (TPSA) is 87.2 Å². The maximum Gasteiger partial charge on any atom is 0.295 e. The largest absolute Gasteiger partial charge is 0.489 e. The number of hydrogen-bond acceptors (Lipinski definition) is 5. The molecule has 0 saturated heterocycles. The van der Waals surface area contributed by atoms with Gasteiger partial charge in [0, 0.05) is 0 Å². The molecule has 1 heterocycles. The quantitative estimate of drug-likeness (QED) is 0.669. The van der Waals surface area contributed by atoms with Gasteiger partial charge >= 0.3 is 0 Å². The van der Waals surface area contributed by atoms with Crippen LogP contribution in [0.4, 0.5) is 5.82 Å². The summed E-state index contributed by atoms with van der Waals surface area (Å²) in [5, 5.41) is 12.2. The van der Waals surface area contributed by atoms with Crippen molar-refractivity contribution in [3.05, 3.63) is 16.7 Å². The Bertz CT molecular complexity index is 389. The number of ether oxygens (including phenoxy) is 1. The van der Waals surface area contributed by atoms with Gasteiger partial charge in [-0.15, -0.1) is 0 Å². The second kappa shape index (κ2) is 5.50. The van der Waals surface area contributed by atoms with E-state index in [0.717, 1.165) is 0 Å². The number of H-pyrrole nitrogens is 1. The lowest BCUT2D eigenvalue weighted by Crippen LogP contribution is -2.31. The summed E-state index contributed by atoms with van der Waals surface area (Å²) in [4.78, 5) is 17.8. The average Bonchev–Trinajstić information content (AvgIpc) is 2.25. The van der Waals surface area contributed by atoms with Gasteiger partial charge in [-0.2, -0.15) is 0 Å². The first-order chi connectivity index (χ1) is 7.60. The number of nitrogens with one attached hydrogen (secondary N) is 2. The zero-order valence-electron chi connectivity index (χ0n) is 9.65. The fourth-order valence-corrected chi connectivity index (χ4v) is 1.28. The molecular formula is C10H17N3O3. The number of aromatic nitrogens is 2. The molecule has 1 aromatic rings. The molecule has 6 heteroatoms. The highest BCUT2D eigenvalue weighted by Crippen LogP contribution is 2.17. The van der Waals surface area contributed by atoms with Crippen LogP contribution in [0.15, 0.2) is 11.1 Å². The van der Waals surface area contributed by atoms with Crippen molar-refractivity contribution in [1.29, 1.82) is 0 Å². The molecule has 0 radical (unpaired) electrons. The van der Waals surface area contributed by atoms with E-state index in [1.54, 1.807) is 0 Å². The normalized spacial score (nSPS) is 12.6. The lowest BCUT2D eigenvalue weighted by atomic mass is 10.1. The fraction of sp³-hybridized carbons (Fsp3) is 0.600. The van der Waals surface area contributed by atoms with Crippen molar-refractivity contribution in [3.8, 4) is 5.75 Å². The molecule has 3 N–H and O–H groups in total. The van der Waals surface area contributed by atoms with E-state index in [4.69, 9.17) is 4.74 Å². The van der Waals surface area contributed by atoms with E-state index in [9.17, 15) is 9.90 Å². The molecule has 0 aliphatic heterocycles. The molecule has 0 saturated carbocycles. The number of rotatable bonds is 5. The summed E-state index contributed by atoms with van der Waals surface area (Å²) in [6, 6.07) is -0.164. The zero-order valence-corrected chi connectivity index (χ0v) is 9.65.